The highest BCUT2D eigenvalue weighted by molar-refractivity contribution is 5.76. The van der Waals surface area contributed by atoms with Gasteiger partial charge in [0.2, 0.25) is 0 Å². The number of benzene rings is 2. The Labute approximate surface area is 150 Å². The van der Waals surface area contributed by atoms with E-state index >= 15 is 0 Å². The lowest BCUT2D eigenvalue weighted by Gasteiger charge is -2.20. The Morgan fingerprint density at radius 3 is 2.12 bits per heavy atom. The van der Waals surface area contributed by atoms with Crippen molar-refractivity contribution in [2.24, 2.45) is 5.92 Å². The number of ether oxygens (including phenoxy) is 1. The number of carbonyl (C=O) groups excluding carboxylic acids is 1. The fourth-order valence-corrected chi connectivity index (χ4v) is 2.38. The molecule has 0 aromatic heterocycles. The van der Waals surface area contributed by atoms with Crippen molar-refractivity contribution < 1.29 is 9.53 Å². The third kappa shape index (κ3) is 6.55. The largest absolute Gasteiger partial charge is 0.460 e. The summed E-state index contributed by atoms with van der Waals surface area (Å²) in [5, 5.41) is 3.31. The van der Waals surface area contributed by atoms with Crippen LogP contribution < -0.4 is 5.32 Å². The highest BCUT2D eigenvalue weighted by atomic mass is 16.5. The van der Waals surface area contributed by atoms with Crippen LogP contribution in [-0.2, 0) is 22.6 Å². The molecule has 0 amide bonds. The predicted octanol–water partition coefficient (Wildman–Crippen LogP) is 4.14. The maximum atomic E-state index is 12.6. The quantitative estimate of drug-likeness (QED) is 0.552. The molecule has 3 heteroatoms. The zero-order valence-electron chi connectivity index (χ0n) is 15.1. The molecule has 0 fully saturated rings. The van der Waals surface area contributed by atoms with Crippen molar-refractivity contribution in [3.8, 4) is 0 Å². The second-order valence-corrected chi connectivity index (χ2v) is 6.53. The standard InChI is InChI=1S/C22H27NO2/c1-17(2)18(3)15-23-21(14-19-10-6-4-7-11-19)22(24)25-16-20-12-8-5-9-13-20/h4-13,17,21,23H,3,14-16H2,1-2H3/t21-/m1/s1. The number of nitrogens with one attached hydrogen (secondary N) is 1. The summed E-state index contributed by atoms with van der Waals surface area (Å²) in [7, 11) is 0. The van der Waals surface area contributed by atoms with Crippen molar-refractivity contribution in [1.29, 1.82) is 0 Å². The monoisotopic (exact) mass is 337 g/mol. The molecule has 0 unspecified atom stereocenters. The molecular weight excluding hydrogens is 310 g/mol. The molecule has 0 aliphatic rings. The van der Waals surface area contributed by atoms with Crippen molar-refractivity contribution >= 4 is 5.97 Å². The molecule has 0 saturated heterocycles. The van der Waals surface area contributed by atoms with Gasteiger partial charge in [-0.1, -0.05) is 86.7 Å². The van der Waals surface area contributed by atoms with E-state index in [9.17, 15) is 4.79 Å². The summed E-state index contributed by atoms with van der Waals surface area (Å²) in [6.07, 6.45) is 0.597. The van der Waals surface area contributed by atoms with Gasteiger partial charge < -0.3 is 10.1 Å². The minimum Gasteiger partial charge on any atom is -0.460 e. The Bertz CT molecular complexity index is 665. The summed E-state index contributed by atoms with van der Waals surface area (Å²) < 4.78 is 5.52. The molecule has 2 aromatic carbocycles. The number of hydrogen-bond donors (Lipinski definition) is 1. The Kier molecular flexibility index (Phi) is 7.42. The highest BCUT2D eigenvalue weighted by Crippen LogP contribution is 2.09. The first-order chi connectivity index (χ1) is 12.1. The van der Waals surface area contributed by atoms with Crippen molar-refractivity contribution in [3.05, 3.63) is 83.9 Å². The molecule has 2 aromatic rings. The van der Waals surface area contributed by atoms with Crippen LogP contribution in [0.15, 0.2) is 72.8 Å². The molecule has 25 heavy (non-hydrogen) atoms. The normalized spacial score (nSPS) is 12.0. The topological polar surface area (TPSA) is 38.3 Å². The van der Waals surface area contributed by atoms with Crippen LogP contribution in [0, 0.1) is 5.92 Å². The zero-order chi connectivity index (χ0) is 18.1. The van der Waals surface area contributed by atoms with Crippen LogP contribution in [0.25, 0.3) is 0 Å². The Morgan fingerprint density at radius 2 is 1.56 bits per heavy atom. The summed E-state index contributed by atoms with van der Waals surface area (Å²) in [4.78, 5) is 12.6. The van der Waals surface area contributed by atoms with Gasteiger partial charge in [-0.3, -0.25) is 4.79 Å². The van der Waals surface area contributed by atoms with E-state index < -0.39 is 0 Å². The minimum atomic E-state index is -0.387. The maximum absolute atomic E-state index is 12.6. The molecule has 0 aliphatic heterocycles. The van der Waals surface area contributed by atoms with E-state index in [0.29, 0.717) is 18.9 Å². The van der Waals surface area contributed by atoms with Gasteiger partial charge in [0.1, 0.15) is 12.6 Å². The summed E-state index contributed by atoms with van der Waals surface area (Å²) in [6.45, 7) is 9.17. The first kappa shape index (κ1) is 18.9. The SMILES string of the molecule is C=C(CN[C@H](Cc1ccccc1)C(=O)OCc1ccccc1)C(C)C. The summed E-state index contributed by atoms with van der Waals surface area (Å²) >= 11 is 0. The molecule has 2 rings (SSSR count). The fraction of sp³-hybridized carbons (Fsp3) is 0.318. The first-order valence-corrected chi connectivity index (χ1v) is 8.72. The van der Waals surface area contributed by atoms with Crippen molar-refractivity contribution in [2.45, 2.75) is 32.9 Å². The smallest absolute Gasteiger partial charge is 0.323 e. The Balaban J connectivity index is 1.98. The van der Waals surface area contributed by atoms with Crippen LogP contribution >= 0.6 is 0 Å². The molecule has 3 nitrogen and oxygen atoms in total. The van der Waals surface area contributed by atoms with E-state index in [-0.39, 0.29) is 18.6 Å². The maximum Gasteiger partial charge on any atom is 0.323 e. The van der Waals surface area contributed by atoms with Crippen LogP contribution in [0.2, 0.25) is 0 Å². The minimum absolute atomic E-state index is 0.232. The number of rotatable bonds is 9. The van der Waals surface area contributed by atoms with Gasteiger partial charge in [-0.15, -0.1) is 0 Å². The molecule has 0 saturated carbocycles. The van der Waals surface area contributed by atoms with Gasteiger partial charge in [-0.2, -0.15) is 0 Å². The van der Waals surface area contributed by atoms with Gasteiger partial charge in [0, 0.05) is 6.54 Å². The second-order valence-electron chi connectivity index (χ2n) is 6.53. The average Bonchev–Trinajstić information content (AvgIpc) is 2.64. The average molecular weight is 337 g/mol. The van der Waals surface area contributed by atoms with Crippen LogP contribution in [0.4, 0.5) is 0 Å². The van der Waals surface area contributed by atoms with E-state index in [0.717, 1.165) is 16.7 Å². The molecule has 0 radical (unpaired) electrons. The fourth-order valence-electron chi connectivity index (χ4n) is 2.38. The Hall–Kier alpha value is -2.39. The summed E-state index contributed by atoms with van der Waals surface area (Å²) in [5.41, 5.74) is 3.17. The molecule has 0 bridgehead atoms. The van der Waals surface area contributed by atoms with Crippen LogP contribution in [0.1, 0.15) is 25.0 Å². The lowest BCUT2D eigenvalue weighted by molar-refractivity contribution is -0.147. The van der Waals surface area contributed by atoms with Crippen molar-refractivity contribution in [3.63, 3.8) is 0 Å². The second kappa shape index (κ2) is 9.80. The van der Waals surface area contributed by atoms with Gasteiger partial charge >= 0.3 is 5.97 Å². The van der Waals surface area contributed by atoms with Crippen molar-refractivity contribution in [2.75, 3.05) is 6.54 Å². The summed E-state index contributed by atoms with van der Waals surface area (Å²) in [5.74, 6) is 0.148. The van der Waals surface area contributed by atoms with E-state index in [4.69, 9.17) is 4.74 Å². The van der Waals surface area contributed by atoms with Gasteiger partial charge in [-0.05, 0) is 23.5 Å². The third-order valence-corrected chi connectivity index (χ3v) is 4.18. The summed E-state index contributed by atoms with van der Waals surface area (Å²) in [6, 6.07) is 19.3. The highest BCUT2D eigenvalue weighted by Gasteiger charge is 2.20. The van der Waals surface area contributed by atoms with Crippen LogP contribution in [0.5, 0.6) is 0 Å². The van der Waals surface area contributed by atoms with Gasteiger partial charge in [-0.25, -0.2) is 0 Å². The van der Waals surface area contributed by atoms with Crippen LogP contribution in [-0.4, -0.2) is 18.6 Å². The molecule has 1 atom stereocenters. The molecule has 1 N–H and O–H groups in total. The lowest BCUT2D eigenvalue weighted by Crippen LogP contribution is -2.41. The molecular formula is C22H27NO2. The van der Waals surface area contributed by atoms with E-state index in [2.05, 4.69) is 25.7 Å². The van der Waals surface area contributed by atoms with Crippen LogP contribution in [0.3, 0.4) is 0 Å². The lowest BCUT2D eigenvalue weighted by atomic mass is 10.0. The van der Waals surface area contributed by atoms with E-state index in [1.807, 2.05) is 60.7 Å². The van der Waals surface area contributed by atoms with E-state index in [1.54, 1.807) is 0 Å². The molecule has 0 spiro atoms. The molecule has 0 aliphatic carbocycles. The Morgan fingerprint density at radius 1 is 1.00 bits per heavy atom. The number of carbonyl (C=O) groups is 1. The first-order valence-electron chi connectivity index (χ1n) is 8.72. The van der Waals surface area contributed by atoms with Gasteiger partial charge in [0.05, 0.1) is 0 Å². The van der Waals surface area contributed by atoms with Gasteiger partial charge in [0.15, 0.2) is 0 Å². The number of esters is 1. The van der Waals surface area contributed by atoms with Crippen molar-refractivity contribution in [1.82, 2.24) is 5.32 Å². The third-order valence-electron chi connectivity index (χ3n) is 4.18. The van der Waals surface area contributed by atoms with E-state index in [1.165, 1.54) is 0 Å². The number of hydrogen-bond acceptors (Lipinski definition) is 3. The molecule has 132 valence electrons. The molecule has 0 heterocycles. The predicted molar refractivity (Wildman–Crippen MR) is 102 cm³/mol. The van der Waals surface area contributed by atoms with Gasteiger partial charge in [0.25, 0.3) is 0 Å². The zero-order valence-corrected chi connectivity index (χ0v) is 15.1.